The Balaban J connectivity index is 0. The van der Waals surface area contributed by atoms with Crippen molar-refractivity contribution in [3.63, 3.8) is 0 Å². The first kappa shape index (κ1) is 28.1. The summed E-state index contributed by atoms with van der Waals surface area (Å²) in [6, 6.07) is 0. The third kappa shape index (κ3) is 28.7. The molecule has 0 aliphatic carbocycles. The van der Waals surface area contributed by atoms with E-state index >= 15 is 0 Å². The van der Waals surface area contributed by atoms with Gasteiger partial charge in [-0.25, -0.2) is 4.79 Å². The van der Waals surface area contributed by atoms with Crippen LogP contribution in [0.4, 0.5) is 0 Å². The van der Waals surface area contributed by atoms with Gasteiger partial charge in [-0.2, -0.15) is 0 Å². The van der Waals surface area contributed by atoms with Gasteiger partial charge in [-0.1, -0.05) is 68.4 Å². The summed E-state index contributed by atoms with van der Waals surface area (Å²) >= 11 is 0. The highest BCUT2D eigenvalue weighted by atomic mass is 16.4. The number of carboxylic acids is 2. The van der Waals surface area contributed by atoms with Gasteiger partial charge in [0.2, 0.25) is 0 Å². The lowest BCUT2D eigenvalue weighted by Crippen LogP contribution is -2.13. The van der Waals surface area contributed by atoms with Crippen LogP contribution in [0, 0.1) is 0 Å². The van der Waals surface area contributed by atoms with Crippen molar-refractivity contribution in [2.45, 2.75) is 84.2 Å². The Labute approximate surface area is 170 Å². The highest BCUT2D eigenvalue weighted by Crippen LogP contribution is 2.01. The largest absolute Gasteiger partial charge is 0.481 e. The van der Waals surface area contributed by atoms with Gasteiger partial charge >= 0.3 is 11.9 Å². The Morgan fingerprint density at radius 1 is 0.750 bits per heavy atom. The molecule has 160 valence electrons. The van der Waals surface area contributed by atoms with E-state index in [0.717, 1.165) is 32.1 Å². The maximum Gasteiger partial charge on any atom is 0.332 e. The molecule has 0 aromatic carbocycles. The molecular weight excluding hydrogens is 356 g/mol. The molecule has 0 bridgehead atoms. The van der Waals surface area contributed by atoms with Crippen LogP contribution in [-0.4, -0.2) is 33.4 Å². The summed E-state index contributed by atoms with van der Waals surface area (Å²) in [7, 11) is 0. The molecule has 28 heavy (non-hydrogen) atoms. The van der Waals surface area contributed by atoms with Crippen LogP contribution in [0.1, 0.15) is 78.1 Å². The Hall–Kier alpha value is -2.14. The van der Waals surface area contributed by atoms with E-state index in [1.54, 1.807) is 0 Å². The molecule has 0 aromatic rings. The lowest BCUT2D eigenvalue weighted by molar-refractivity contribution is -0.145. The average Bonchev–Trinajstić information content (AvgIpc) is 2.64. The normalized spacial score (nSPS) is 12.7. The lowest BCUT2D eigenvalue weighted by Gasteiger charge is -1.90. The first-order chi connectivity index (χ1) is 13.4. The molecule has 1 atom stereocenters. The van der Waals surface area contributed by atoms with Gasteiger partial charge in [0.15, 0.2) is 0 Å². The molecule has 5 nitrogen and oxygen atoms in total. The molecule has 0 saturated heterocycles. The number of rotatable bonds is 15. The van der Waals surface area contributed by atoms with Gasteiger partial charge in [0.25, 0.3) is 0 Å². The van der Waals surface area contributed by atoms with Crippen LogP contribution >= 0.6 is 0 Å². The predicted octanol–water partition coefficient (Wildman–Crippen LogP) is 5.67. The molecule has 5 heteroatoms. The highest BCUT2D eigenvalue weighted by Gasteiger charge is 2.01. The van der Waals surface area contributed by atoms with E-state index in [9.17, 15) is 9.59 Å². The molecule has 0 heterocycles. The Morgan fingerprint density at radius 3 is 1.50 bits per heavy atom. The quantitative estimate of drug-likeness (QED) is 0.246. The van der Waals surface area contributed by atoms with Gasteiger partial charge in [0.1, 0.15) is 6.10 Å². The van der Waals surface area contributed by atoms with E-state index in [1.807, 2.05) is 0 Å². The Bertz CT molecular complexity index is 487. The van der Waals surface area contributed by atoms with Crippen LogP contribution in [0.2, 0.25) is 0 Å². The molecule has 0 saturated carbocycles. The van der Waals surface area contributed by atoms with Crippen LogP contribution < -0.4 is 0 Å². The summed E-state index contributed by atoms with van der Waals surface area (Å²) in [5.41, 5.74) is 0. The average molecular weight is 395 g/mol. The zero-order valence-electron chi connectivity index (χ0n) is 17.4. The Kier molecular flexibility index (Phi) is 23.0. The van der Waals surface area contributed by atoms with Crippen molar-refractivity contribution in [1.82, 2.24) is 0 Å². The maximum absolute atomic E-state index is 10.3. The minimum atomic E-state index is -1.23. The smallest absolute Gasteiger partial charge is 0.332 e. The van der Waals surface area contributed by atoms with Gasteiger partial charge in [-0.15, -0.1) is 0 Å². The van der Waals surface area contributed by atoms with Crippen LogP contribution in [0.3, 0.4) is 0 Å². The molecule has 0 aliphatic heterocycles. The standard InChI is InChI=1S/C20H32O2.C3H6O3/c1-2-3-4-5-6-7-8-9-10-11-12-13-14-15-16-17-18-19-20(21)22;1-2(4)3(5)6/h6-7,9-10,12-13,15-16H,2-5,8,11,14,17-19H2,1H3,(H,21,22);2,4H,1H3,(H,5,6). The number of aliphatic carboxylic acids is 2. The second-order valence-electron chi connectivity index (χ2n) is 6.39. The number of carboxylic acid groups (broad SMARTS) is 2. The number of allylic oxidation sites excluding steroid dienone is 8. The summed E-state index contributed by atoms with van der Waals surface area (Å²) in [6.07, 6.45) is 26.1. The highest BCUT2D eigenvalue weighted by molar-refractivity contribution is 5.71. The van der Waals surface area contributed by atoms with Crippen molar-refractivity contribution in [1.29, 1.82) is 0 Å². The van der Waals surface area contributed by atoms with E-state index in [-0.39, 0.29) is 6.42 Å². The Morgan fingerprint density at radius 2 is 1.14 bits per heavy atom. The number of hydrogen-bond donors (Lipinski definition) is 3. The molecule has 0 aliphatic rings. The fourth-order valence-corrected chi connectivity index (χ4v) is 1.93. The topological polar surface area (TPSA) is 94.8 Å². The SMILES string of the molecule is CC(O)C(=O)O.CCCCCC=CCC=CCC=CCC=CCCCC(=O)O. The van der Waals surface area contributed by atoms with E-state index in [4.69, 9.17) is 15.3 Å². The summed E-state index contributed by atoms with van der Waals surface area (Å²) in [5, 5.41) is 24.3. The van der Waals surface area contributed by atoms with E-state index in [0.29, 0.717) is 0 Å². The zero-order chi connectivity index (χ0) is 21.5. The summed E-state index contributed by atoms with van der Waals surface area (Å²) in [6.45, 7) is 3.43. The van der Waals surface area contributed by atoms with E-state index in [1.165, 1.54) is 32.6 Å². The number of carbonyl (C=O) groups is 2. The number of hydrogen-bond acceptors (Lipinski definition) is 3. The van der Waals surface area contributed by atoms with Crippen LogP contribution in [-0.2, 0) is 9.59 Å². The van der Waals surface area contributed by atoms with Gasteiger partial charge in [-0.3, -0.25) is 4.79 Å². The summed E-state index contributed by atoms with van der Waals surface area (Å²) in [5.74, 6) is -1.90. The molecule has 0 fully saturated rings. The monoisotopic (exact) mass is 394 g/mol. The van der Waals surface area contributed by atoms with Gasteiger partial charge in [-0.05, 0) is 51.9 Å². The number of aliphatic hydroxyl groups is 1. The van der Waals surface area contributed by atoms with Gasteiger partial charge in [0, 0.05) is 6.42 Å². The van der Waals surface area contributed by atoms with Crippen molar-refractivity contribution in [2.75, 3.05) is 0 Å². The van der Waals surface area contributed by atoms with Gasteiger partial charge in [0.05, 0.1) is 0 Å². The molecule has 0 radical (unpaired) electrons. The summed E-state index contributed by atoms with van der Waals surface area (Å²) in [4.78, 5) is 19.8. The second kappa shape index (κ2) is 22.9. The second-order valence-corrected chi connectivity index (χ2v) is 6.39. The number of aliphatic hydroxyl groups excluding tert-OH is 1. The fourth-order valence-electron chi connectivity index (χ4n) is 1.93. The minimum absolute atomic E-state index is 0.262. The molecule has 1 unspecified atom stereocenters. The molecule has 0 aromatic heterocycles. The zero-order valence-corrected chi connectivity index (χ0v) is 17.4. The molecule has 0 spiro atoms. The van der Waals surface area contributed by atoms with Crippen molar-refractivity contribution >= 4 is 11.9 Å². The molecular formula is C23H38O5. The fraction of sp³-hybridized carbons (Fsp3) is 0.565. The molecule has 0 amide bonds. The van der Waals surface area contributed by atoms with Gasteiger partial charge < -0.3 is 15.3 Å². The molecule has 3 N–H and O–H groups in total. The maximum atomic E-state index is 10.3. The van der Waals surface area contributed by atoms with Crippen molar-refractivity contribution in [3.8, 4) is 0 Å². The van der Waals surface area contributed by atoms with Crippen LogP contribution in [0.5, 0.6) is 0 Å². The van der Waals surface area contributed by atoms with Crippen molar-refractivity contribution < 1.29 is 24.9 Å². The third-order valence-corrected chi connectivity index (χ3v) is 3.58. The predicted molar refractivity (Wildman–Crippen MR) is 115 cm³/mol. The van der Waals surface area contributed by atoms with E-state index < -0.39 is 18.0 Å². The van der Waals surface area contributed by atoms with E-state index in [2.05, 4.69) is 55.5 Å². The molecule has 0 rings (SSSR count). The minimum Gasteiger partial charge on any atom is -0.481 e. The summed E-state index contributed by atoms with van der Waals surface area (Å²) < 4.78 is 0. The van der Waals surface area contributed by atoms with Crippen molar-refractivity contribution in [2.24, 2.45) is 0 Å². The van der Waals surface area contributed by atoms with Crippen molar-refractivity contribution in [3.05, 3.63) is 48.6 Å². The van der Waals surface area contributed by atoms with Crippen LogP contribution in [0.25, 0.3) is 0 Å². The van der Waals surface area contributed by atoms with Crippen LogP contribution in [0.15, 0.2) is 48.6 Å². The first-order valence-corrected chi connectivity index (χ1v) is 10.1. The number of unbranched alkanes of at least 4 members (excludes halogenated alkanes) is 4. The first-order valence-electron chi connectivity index (χ1n) is 10.1. The lowest BCUT2D eigenvalue weighted by atomic mass is 10.2. The third-order valence-electron chi connectivity index (χ3n) is 3.58.